The van der Waals surface area contributed by atoms with Crippen LogP contribution in [0.1, 0.15) is 31.2 Å². The van der Waals surface area contributed by atoms with E-state index in [0.717, 1.165) is 22.5 Å². The number of esters is 1. The molecule has 1 N–H and O–H groups in total. The molecule has 1 atom stereocenters. The molecule has 0 aliphatic carbocycles. The molecule has 0 aliphatic heterocycles. The molecule has 0 saturated heterocycles. The molecule has 19 heavy (non-hydrogen) atoms. The number of aromatic nitrogens is 1. The number of ether oxygens (including phenoxy) is 1. The lowest BCUT2D eigenvalue weighted by Gasteiger charge is -2.08. The highest BCUT2D eigenvalue weighted by molar-refractivity contribution is 5.78. The lowest BCUT2D eigenvalue weighted by molar-refractivity contribution is -0.144. The van der Waals surface area contributed by atoms with E-state index >= 15 is 0 Å². The van der Waals surface area contributed by atoms with E-state index in [1.165, 1.54) is 0 Å². The van der Waals surface area contributed by atoms with Gasteiger partial charge in [-0.3, -0.25) is 4.79 Å². The molecule has 3 nitrogen and oxygen atoms in total. The maximum atomic E-state index is 11.8. The Morgan fingerprint density at radius 3 is 2.63 bits per heavy atom. The summed E-state index contributed by atoms with van der Waals surface area (Å²) < 4.78 is 5.05. The fraction of sp³-hybridized carbons (Fsp3) is 0.312. The lowest BCUT2D eigenvalue weighted by Crippen LogP contribution is -2.13. The monoisotopic (exact) mass is 257 g/mol. The number of hydrogen-bond acceptors (Lipinski definition) is 2. The molecule has 2 aromatic rings. The molecular formula is C16H19NO2. The Hall–Kier alpha value is -2.03. The van der Waals surface area contributed by atoms with Crippen molar-refractivity contribution in [1.29, 1.82) is 0 Å². The molecule has 0 spiro atoms. The van der Waals surface area contributed by atoms with E-state index in [9.17, 15) is 4.79 Å². The van der Waals surface area contributed by atoms with Crippen LogP contribution in [0.5, 0.6) is 0 Å². The van der Waals surface area contributed by atoms with Gasteiger partial charge in [0.2, 0.25) is 0 Å². The van der Waals surface area contributed by atoms with Crippen LogP contribution >= 0.6 is 0 Å². The number of rotatable bonds is 4. The fourth-order valence-electron chi connectivity index (χ4n) is 2.13. The number of benzene rings is 1. The van der Waals surface area contributed by atoms with Gasteiger partial charge in [-0.25, -0.2) is 0 Å². The fourth-order valence-corrected chi connectivity index (χ4v) is 2.13. The summed E-state index contributed by atoms with van der Waals surface area (Å²) in [6.45, 7) is 6.11. The van der Waals surface area contributed by atoms with Crippen molar-refractivity contribution >= 4 is 5.97 Å². The topological polar surface area (TPSA) is 42.1 Å². The van der Waals surface area contributed by atoms with E-state index in [2.05, 4.69) is 17.1 Å². The van der Waals surface area contributed by atoms with Crippen LogP contribution in [0.15, 0.2) is 36.4 Å². The van der Waals surface area contributed by atoms with Crippen molar-refractivity contribution in [3.8, 4) is 11.1 Å². The molecule has 0 radical (unpaired) electrons. The van der Waals surface area contributed by atoms with Gasteiger partial charge in [-0.15, -0.1) is 0 Å². The van der Waals surface area contributed by atoms with Crippen molar-refractivity contribution in [3.05, 3.63) is 47.8 Å². The van der Waals surface area contributed by atoms with Crippen LogP contribution in [0.3, 0.4) is 0 Å². The molecule has 0 aliphatic rings. The zero-order valence-corrected chi connectivity index (χ0v) is 11.6. The standard InChI is InChI=1S/C16H19NO2/c1-4-19-16(18)11(2)15-10-14(12(3)17-15)13-8-6-5-7-9-13/h5-11,17H,4H2,1-3H3. The number of carbonyl (C=O) groups excluding carboxylic acids is 1. The second kappa shape index (κ2) is 5.74. The summed E-state index contributed by atoms with van der Waals surface area (Å²) >= 11 is 0. The largest absolute Gasteiger partial charge is 0.465 e. The smallest absolute Gasteiger partial charge is 0.314 e. The molecule has 2 rings (SSSR count). The first kappa shape index (κ1) is 13.4. The maximum Gasteiger partial charge on any atom is 0.314 e. The minimum absolute atomic E-state index is 0.191. The molecule has 1 heterocycles. The van der Waals surface area contributed by atoms with Gasteiger partial charge >= 0.3 is 5.97 Å². The van der Waals surface area contributed by atoms with Crippen molar-refractivity contribution in [2.45, 2.75) is 26.7 Å². The number of hydrogen-bond donors (Lipinski definition) is 1. The Morgan fingerprint density at radius 1 is 1.32 bits per heavy atom. The molecular weight excluding hydrogens is 238 g/mol. The van der Waals surface area contributed by atoms with Crippen LogP contribution in [0.4, 0.5) is 0 Å². The predicted octanol–water partition coefficient (Wildman–Crippen LogP) is 3.66. The quantitative estimate of drug-likeness (QED) is 0.849. The van der Waals surface area contributed by atoms with Gasteiger partial charge in [0.25, 0.3) is 0 Å². The van der Waals surface area contributed by atoms with Gasteiger partial charge in [0.1, 0.15) is 0 Å². The van der Waals surface area contributed by atoms with Crippen LogP contribution < -0.4 is 0 Å². The van der Waals surface area contributed by atoms with Crippen molar-refractivity contribution in [3.63, 3.8) is 0 Å². The Labute approximate surface area is 113 Å². The van der Waals surface area contributed by atoms with Gasteiger partial charge in [0.15, 0.2) is 0 Å². The first-order valence-electron chi connectivity index (χ1n) is 6.55. The number of aryl methyl sites for hydroxylation is 1. The summed E-state index contributed by atoms with van der Waals surface area (Å²) in [4.78, 5) is 15.0. The Bertz CT molecular complexity index is 557. The number of H-pyrrole nitrogens is 1. The van der Waals surface area contributed by atoms with Crippen molar-refractivity contribution in [2.24, 2.45) is 0 Å². The van der Waals surface area contributed by atoms with Crippen LogP contribution in [0.2, 0.25) is 0 Å². The van der Waals surface area contributed by atoms with Crippen LogP contribution in [-0.2, 0) is 9.53 Å². The highest BCUT2D eigenvalue weighted by Crippen LogP contribution is 2.27. The highest BCUT2D eigenvalue weighted by Gasteiger charge is 2.19. The minimum Gasteiger partial charge on any atom is -0.465 e. The normalized spacial score (nSPS) is 12.2. The SMILES string of the molecule is CCOC(=O)C(C)c1cc(-c2ccccc2)c(C)[nH]1. The van der Waals surface area contributed by atoms with E-state index in [1.807, 2.05) is 45.0 Å². The third kappa shape index (κ3) is 2.87. The Morgan fingerprint density at radius 2 is 2.00 bits per heavy atom. The van der Waals surface area contributed by atoms with E-state index in [0.29, 0.717) is 6.61 Å². The second-order valence-electron chi connectivity index (χ2n) is 4.60. The van der Waals surface area contributed by atoms with Gasteiger partial charge in [-0.2, -0.15) is 0 Å². The lowest BCUT2D eigenvalue weighted by atomic mass is 10.0. The Kier molecular flexibility index (Phi) is 4.05. The summed E-state index contributed by atoms with van der Waals surface area (Å²) in [6, 6.07) is 12.2. The first-order valence-corrected chi connectivity index (χ1v) is 6.55. The molecule has 0 bridgehead atoms. The third-order valence-corrected chi connectivity index (χ3v) is 3.23. The predicted molar refractivity (Wildman–Crippen MR) is 76.0 cm³/mol. The average Bonchev–Trinajstić information content (AvgIpc) is 2.81. The number of carbonyl (C=O) groups is 1. The van der Waals surface area contributed by atoms with Gasteiger partial charge in [0.05, 0.1) is 12.5 Å². The summed E-state index contributed by atoms with van der Waals surface area (Å²) in [5.41, 5.74) is 4.25. The van der Waals surface area contributed by atoms with Gasteiger partial charge < -0.3 is 9.72 Å². The molecule has 1 unspecified atom stereocenters. The molecule has 1 aromatic heterocycles. The van der Waals surface area contributed by atoms with Gasteiger partial charge in [-0.05, 0) is 32.4 Å². The van der Waals surface area contributed by atoms with Crippen molar-refractivity contribution < 1.29 is 9.53 Å². The molecule has 3 heteroatoms. The average molecular weight is 257 g/mol. The van der Waals surface area contributed by atoms with Crippen molar-refractivity contribution in [2.75, 3.05) is 6.61 Å². The molecule has 1 aromatic carbocycles. The third-order valence-electron chi connectivity index (χ3n) is 3.23. The summed E-state index contributed by atoms with van der Waals surface area (Å²) in [5, 5.41) is 0. The number of nitrogens with one attached hydrogen (secondary N) is 1. The van der Waals surface area contributed by atoms with Crippen LogP contribution in [-0.4, -0.2) is 17.6 Å². The van der Waals surface area contributed by atoms with Gasteiger partial charge in [-0.1, -0.05) is 30.3 Å². The zero-order chi connectivity index (χ0) is 13.8. The molecule has 0 saturated carbocycles. The zero-order valence-electron chi connectivity index (χ0n) is 11.6. The van der Waals surface area contributed by atoms with Crippen LogP contribution in [0, 0.1) is 6.92 Å². The number of aromatic amines is 1. The summed E-state index contributed by atoms with van der Waals surface area (Å²) in [7, 11) is 0. The first-order chi connectivity index (χ1) is 9.13. The van der Waals surface area contributed by atoms with Crippen LogP contribution in [0.25, 0.3) is 11.1 Å². The minimum atomic E-state index is -0.267. The van der Waals surface area contributed by atoms with Gasteiger partial charge in [0, 0.05) is 17.0 Å². The van der Waals surface area contributed by atoms with E-state index in [4.69, 9.17) is 4.74 Å². The molecule has 100 valence electrons. The summed E-state index contributed by atoms with van der Waals surface area (Å²) in [6.07, 6.45) is 0. The van der Waals surface area contributed by atoms with E-state index in [1.54, 1.807) is 0 Å². The van der Waals surface area contributed by atoms with E-state index < -0.39 is 0 Å². The summed E-state index contributed by atoms with van der Waals surface area (Å²) in [5.74, 6) is -0.459. The van der Waals surface area contributed by atoms with E-state index in [-0.39, 0.29) is 11.9 Å². The molecule has 0 amide bonds. The second-order valence-corrected chi connectivity index (χ2v) is 4.60. The van der Waals surface area contributed by atoms with Crippen molar-refractivity contribution in [1.82, 2.24) is 4.98 Å². The molecule has 0 fully saturated rings. The Balaban J connectivity index is 2.29. The maximum absolute atomic E-state index is 11.8. The highest BCUT2D eigenvalue weighted by atomic mass is 16.5.